The summed E-state index contributed by atoms with van der Waals surface area (Å²) in [4.78, 5) is 12.1. The summed E-state index contributed by atoms with van der Waals surface area (Å²) in [6.07, 6.45) is -2.35. The number of carbonyl (C=O) groups is 1. The molecule has 10 heteroatoms. The average molecular weight is 412 g/mol. The number of alkyl halides is 4. The van der Waals surface area contributed by atoms with Gasteiger partial charge in [0.25, 0.3) is 5.91 Å². The van der Waals surface area contributed by atoms with Crippen LogP contribution in [-0.4, -0.2) is 37.9 Å². The number of nitrogens with zero attached hydrogens (tertiary/aromatic N) is 1. The Morgan fingerprint density at radius 2 is 1.90 bits per heavy atom. The fourth-order valence-corrected chi connectivity index (χ4v) is 2.34. The number of halogens is 4. The van der Waals surface area contributed by atoms with E-state index in [0.29, 0.717) is 22.6 Å². The van der Waals surface area contributed by atoms with Crippen LogP contribution in [0.2, 0.25) is 0 Å². The van der Waals surface area contributed by atoms with E-state index in [1.54, 1.807) is 18.2 Å². The Kier molecular flexibility index (Phi) is 6.32. The zero-order valence-electron chi connectivity index (χ0n) is 14.9. The van der Waals surface area contributed by atoms with Gasteiger partial charge in [0.2, 0.25) is 6.79 Å². The molecule has 0 spiro atoms. The number of carbonyl (C=O) groups excluding carboxylic acids is 1. The molecule has 1 aliphatic heterocycles. The molecule has 1 N–H and O–H groups in total. The van der Waals surface area contributed by atoms with E-state index in [-0.39, 0.29) is 19.0 Å². The minimum atomic E-state index is -4.20. The first-order valence-electron chi connectivity index (χ1n) is 8.41. The highest BCUT2D eigenvalue weighted by Crippen LogP contribution is 2.32. The molecule has 0 radical (unpaired) electrons. The van der Waals surface area contributed by atoms with Gasteiger partial charge >= 0.3 is 12.3 Å². The lowest BCUT2D eigenvalue weighted by atomic mass is 10.1. The Morgan fingerprint density at radius 3 is 2.62 bits per heavy atom. The fourth-order valence-electron chi connectivity index (χ4n) is 2.34. The number of hydrogen-bond donors (Lipinski definition) is 1. The van der Waals surface area contributed by atoms with Crippen molar-refractivity contribution >= 4 is 12.1 Å². The SMILES string of the molecule is O=C(N/N=C\c1ccc2c(c1)OCO2)c1ccc(COCC(F)(F)C(F)F)cc1. The Balaban J connectivity index is 1.48. The largest absolute Gasteiger partial charge is 0.454 e. The lowest BCUT2D eigenvalue weighted by molar-refractivity contribution is -0.168. The predicted molar refractivity (Wildman–Crippen MR) is 94.7 cm³/mol. The van der Waals surface area contributed by atoms with Crippen molar-refractivity contribution in [1.29, 1.82) is 0 Å². The first-order chi connectivity index (χ1) is 13.8. The van der Waals surface area contributed by atoms with Gasteiger partial charge in [0.05, 0.1) is 12.8 Å². The van der Waals surface area contributed by atoms with E-state index in [0.717, 1.165) is 0 Å². The summed E-state index contributed by atoms with van der Waals surface area (Å²) in [7, 11) is 0. The summed E-state index contributed by atoms with van der Waals surface area (Å²) in [5.41, 5.74) is 3.78. The zero-order chi connectivity index (χ0) is 20.9. The molecule has 0 aromatic heterocycles. The summed E-state index contributed by atoms with van der Waals surface area (Å²) < 4.78 is 64.7. The number of hydrazone groups is 1. The van der Waals surface area contributed by atoms with E-state index in [4.69, 9.17) is 9.47 Å². The molecule has 3 rings (SSSR count). The van der Waals surface area contributed by atoms with E-state index in [9.17, 15) is 22.4 Å². The molecule has 0 saturated carbocycles. The van der Waals surface area contributed by atoms with Crippen LogP contribution in [0.25, 0.3) is 0 Å². The molecule has 0 aliphatic carbocycles. The highest BCUT2D eigenvalue weighted by atomic mass is 19.3. The Hall–Kier alpha value is -3.14. The number of rotatable bonds is 8. The van der Waals surface area contributed by atoms with Crippen molar-refractivity contribution in [3.8, 4) is 11.5 Å². The van der Waals surface area contributed by atoms with E-state index >= 15 is 0 Å². The molecule has 0 saturated heterocycles. The van der Waals surface area contributed by atoms with Gasteiger partial charge in [0, 0.05) is 5.56 Å². The maximum Gasteiger partial charge on any atom is 0.330 e. The minimum Gasteiger partial charge on any atom is -0.454 e. The third-order valence-corrected chi connectivity index (χ3v) is 3.87. The molecule has 2 aromatic carbocycles. The van der Waals surface area contributed by atoms with E-state index in [1.165, 1.54) is 30.5 Å². The van der Waals surface area contributed by atoms with Crippen LogP contribution in [0.5, 0.6) is 11.5 Å². The van der Waals surface area contributed by atoms with Gasteiger partial charge < -0.3 is 14.2 Å². The van der Waals surface area contributed by atoms with Crippen molar-refractivity contribution < 1.29 is 36.6 Å². The molecule has 154 valence electrons. The predicted octanol–water partition coefficient (Wildman–Crippen LogP) is 3.60. The van der Waals surface area contributed by atoms with Gasteiger partial charge in [-0.05, 0) is 41.5 Å². The van der Waals surface area contributed by atoms with Crippen molar-refractivity contribution in [3.63, 3.8) is 0 Å². The Labute approximate surface area is 163 Å². The highest BCUT2D eigenvalue weighted by molar-refractivity contribution is 5.94. The van der Waals surface area contributed by atoms with Gasteiger partial charge in [0.1, 0.15) is 6.61 Å². The van der Waals surface area contributed by atoms with Crippen molar-refractivity contribution in [2.75, 3.05) is 13.4 Å². The topological polar surface area (TPSA) is 69.2 Å². The lowest BCUT2D eigenvalue weighted by Gasteiger charge is -2.15. The van der Waals surface area contributed by atoms with Crippen molar-refractivity contribution in [2.45, 2.75) is 19.0 Å². The van der Waals surface area contributed by atoms with Gasteiger partial charge in [-0.1, -0.05) is 12.1 Å². The molecule has 6 nitrogen and oxygen atoms in total. The van der Waals surface area contributed by atoms with Crippen LogP contribution in [0.4, 0.5) is 17.6 Å². The average Bonchev–Trinajstić information content (AvgIpc) is 3.16. The van der Waals surface area contributed by atoms with E-state index in [1.807, 2.05) is 0 Å². The quantitative estimate of drug-likeness (QED) is 0.409. The van der Waals surface area contributed by atoms with Gasteiger partial charge in [-0.2, -0.15) is 13.9 Å². The summed E-state index contributed by atoms with van der Waals surface area (Å²) >= 11 is 0. The van der Waals surface area contributed by atoms with Gasteiger partial charge in [-0.25, -0.2) is 14.2 Å². The first kappa shape index (κ1) is 20.6. The Morgan fingerprint density at radius 1 is 1.17 bits per heavy atom. The molecular weight excluding hydrogens is 396 g/mol. The number of ether oxygens (including phenoxy) is 3. The van der Waals surface area contributed by atoms with Crippen LogP contribution in [0, 0.1) is 0 Å². The van der Waals surface area contributed by atoms with Crippen LogP contribution in [0.15, 0.2) is 47.6 Å². The molecular formula is C19H16F4N2O4. The van der Waals surface area contributed by atoms with Crippen molar-refractivity contribution in [2.24, 2.45) is 5.10 Å². The number of hydrogen-bond acceptors (Lipinski definition) is 5. The second-order valence-corrected chi connectivity index (χ2v) is 6.06. The maximum atomic E-state index is 12.8. The van der Waals surface area contributed by atoms with Gasteiger partial charge in [-0.3, -0.25) is 4.79 Å². The monoisotopic (exact) mass is 412 g/mol. The third-order valence-electron chi connectivity index (χ3n) is 3.87. The van der Waals surface area contributed by atoms with Gasteiger partial charge in [0.15, 0.2) is 11.5 Å². The van der Waals surface area contributed by atoms with Crippen LogP contribution < -0.4 is 14.9 Å². The normalized spacial score (nSPS) is 13.3. The van der Waals surface area contributed by atoms with Gasteiger partial charge in [-0.15, -0.1) is 0 Å². The number of benzene rings is 2. The van der Waals surface area contributed by atoms with Crippen LogP contribution in [0.1, 0.15) is 21.5 Å². The molecule has 29 heavy (non-hydrogen) atoms. The molecule has 1 amide bonds. The van der Waals surface area contributed by atoms with Crippen molar-refractivity contribution in [3.05, 3.63) is 59.2 Å². The molecule has 0 bridgehead atoms. The second kappa shape index (κ2) is 8.91. The first-order valence-corrected chi connectivity index (χ1v) is 8.41. The number of amides is 1. The number of fused-ring (bicyclic) bond motifs is 1. The summed E-state index contributed by atoms with van der Waals surface area (Å²) in [5, 5.41) is 3.86. The fraction of sp³-hybridized carbons (Fsp3) is 0.263. The van der Waals surface area contributed by atoms with Crippen LogP contribution in [0.3, 0.4) is 0 Å². The van der Waals surface area contributed by atoms with Crippen molar-refractivity contribution in [1.82, 2.24) is 5.43 Å². The molecule has 1 heterocycles. The summed E-state index contributed by atoms with van der Waals surface area (Å²) in [6, 6.07) is 11.0. The van der Waals surface area contributed by atoms with E-state index < -0.39 is 24.9 Å². The summed E-state index contributed by atoms with van der Waals surface area (Å²) in [5.74, 6) is -3.47. The standard InChI is InChI=1S/C19H16F4N2O4/c20-18(21)19(22,23)10-27-9-12-1-4-14(5-2-12)17(26)25-24-8-13-3-6-15-16(7-13)29-11-28-15/h1-8,18H,9-11H2,(H,25,26)/b24-8-. The summed E-state index contributed by atoms with van der Waals surface area (Å²) in [6.45, 7) is -1.52. The molecule has 1 aliphatic rings. The molecule has 2 aromatic rings. The lowest BCUT2D eigenvalue weighted by Crippen LogP contribution is -2.32. The van der Waals surface area contributed by atoms with E-state index in [2.05, 4.69) is 15.3 Å². The molecule has 0 fully saturated rings. The Bertz CT molecular complexity index is 888. The molecule has 0 unspecified atom stereocenters. The third kappa shape index (κ3) is 5.44. The second-order valence-electron chi connectivity index (χ2n) is 6.06. The zero-order valence-corrected chi connectivity index (χ0v) is 14.9. The maximum absolute atomic E-state index is 12.8. The molecule has 0 atom stereocenters. The minimum absolute atomic E-state index is 0.155. The smallest absolute Gasteiger partial charge is 0.330 e. The van der Waals surface area contributed by atoms with Crippen LogP contribution in [-0.2, 0) is 11.3 Å². The highest BCUT2D eigenvalue weighted by Gasteiger charge is 2.40. The van der Waals surface area contributed by atoms with Crippen LogP contribution >= 0.6 is 0 Å². The number of nitrogens with one attached hydrogen (secondary N) is 1.